The summed E-state index contributed by atoms with van der Waals surface area (Å²) in [5, 5.41) is 0. The van der Waals surface area contributed by atoms with Gasteiger partial charge in [0.15, 0.2) is 6.10 Å². The molecule has 0 amide bonds. The van der Waals surface area contributed by atoms with Crippen LogP contribution in [0.1, 0.15) is 31.7 Å². The van der Waals surface area contributed by atoms with Gasteiger partial charge in [0.2, 0.25) is 0 Å². The van der Waals surface area contributed by atoms with Crippen molar-refractivity contribution in [1.82, 2.24) is 0 Å². The third kappa shape index (κ3) is 4.36. The molecule has 130 valence electrons. The van der Waals surface area contributed by atoms with Crippen molar-refractivity contribution in [1.29, 1.82) is 0 Å². The van der Waals surface area contributed by atoms with Crippen LogP contribution >= 0.6 is 0 Å². The van der Waals surface area contributed by atoms with Gasteiger partial charge in [-0.05, 0) is 36.6 Å². The predicted octanol–water partition coefficient (Wildman–Crippen LogP) is 2.98. The number of fused-ring (bicyclic) bond motifs is 1. The lowest BCUT2D eigenvalue weighted by Crippen LogP contribution is -2.31. The van der Waals surface area contributed by atoms with Crippen LogP contribution in [0.2, 0.25) is 0 Å². The van der Waals surface area contributed by atoms with Gasteiger partial charge < -0.3 is 18.9 Å². The van der Waals surface area contributed by atoms with Gasteiger partial charge >= 0.3 is 5.97 Å². The van der Waals surface area contributed by atoms with E-state index in [1.165, 1.54) is 6.08 Å². The zero-order valence-corrected chi connectivity index (χ0v) is 14.0. The van der Waals surface area contributed by atoms with Crippen molar-refractivity contribution < 1.29 is 23.7 Å². The third-order valence-electron chi connectivity index (χ3n) is 4.25. The summed E-state index contributed by atoms with van der Waals surface area (Å²) in [6, 6.07) is 7.64. The molecule has 2 fully saturated rings. The highest BCUT2D eigenvalue weighted by Gasteiger charge is 2.43. The molecule has 0 N–H and O–H groups in total. The van der Waals surface area contributed by atoms with Gasteiger partial charge in [0.25, 0.3) is 0 Å². The van der Waals surface area contributed by atoms with Crippen LogP contribution in [-0.4, -0.2) is 44.1 Å². The van der Waals surface area contributed by atoms with Crippen molar-refractivity contribution in [3.63, 3.8) is 0 Å². The van der Waals surface area contributed by atoms with Gasteiger partial charge in [0.1, 0.15) is 11.9 Å². The van der Waals surface area contributed by atoms with Gasteiger partial charge in [-0.15, -0.1) is 0 Å². The standard InChI is InChI=1S/C19H24O5/c1-2-3-11-21-15-7-4-14(5-8-15)6-9-18(20)24-17-13-23-16-10-12-22-19(16)17/h4-9,16-17,19H,2-3,10-13H2,1H3/b9-6+/t16?,17-,19?/m0/s1. The lowest BCUT2D eigenvalue weighted by molar-refractivity contribution is -0.147. The van der Waals surface area contributed by atoms with Crippen LogP contribution in [0.25, 0.3) is 6.08 Å². The lowest BCUT2D eigenvalue weighted by Gasteiger charge is -2.15. The Labute approximate surface area is 142 Å². The van der Waals surface area contributed by atoms with Crippen LogP contribution in [0.3, 0.4) is 0 Å². The molecule has 2 aliphatic rings. The number of hydrogen-bond acceptors (Lipinski definition) is 5. The zero-order valence-electron chi connectivity index (χ0n) is 14.0. The summed E-state index contributed by atoms with van der Waals surface area (Å²) in [6.45, 7) is 3.95. The van der Waals surface area contributed by atoms with E-state index in [4.69, 9.17) is 18.9 Å². The molecule has 0 aliphatic carbocycles. The Kier molecular flexibility index (Phi) is 5.88. The average molecular weight is 332 g/mol. The Morgan fingerprint density at radius 1 is 1.29 bits per heavy atom. The fraction of sp³-hybridized carbons (Fsp3) is 0.526. The molecule has 0 aromatic heterocycles. The molecule has 0 spiro atoms. The molecule has 0 bridgehead atoms. The number of ether oxygens (including phenoxy) is 4. The van der Waals surface area contributed by atoms with Crippen LogP contribution < -0.4 is 4.74 Å². The Morgan fingerprint density at radius 3 is 2.92 bits per heavy atom. The molecular formula is C19H24O5. The third-order valence-corrected chi connectivity index (χ3v) is 4.25. The Hall–Kier alpha value is -1.85. The van der Waals surface area contributed by atoms with E-state index < -0.39 is 0 Å². The van der Waals surface area contributed by atoms with E-state index in [9.17, 15) is 4.79 Å². The monoisotopic (exact) mass is 332 g/mol. The first-order valence-corrected chi connectivity index (χ1v) is 8.61. The van der Waals surface area contributed by atoms with Crippen LogP contribution in [0.5, 0.6) is 5.75 Å². The highest BCUT2D eigenvalue weighted by atomic mass is 16.6. The molecule has 24 heavy (non-hydrogen) atoms. The number of carbonyl (C=O) groups is 1. The number of hydrogen-bond donors (Lipinski definition) is 0. The maximum atomic E-state index is 12.0. The molecule has 2 aliphatic heterocycles. The number of unbranched alkanes of at least 4 members (excludes halogenated alkanes) is 1. The second kappa shape index (κ2) is 8.31. The Balaban J connectivity index is 1.47. The largest absolute Gasteiger partial charge is 0.494 e. The Morgan fingerprint density at radius 2 is 2.12 bits per heavy atom. The normalized spacial score (nSPS) is 25.8. The first kappa shape index (κ1) is 17.0. The van der Waals surface area contributed by atoms with Crippen LogP contribution in [0.4, 0.5) is 0 Å². The number of rotatable bonds is 7. The van der Waals surface area contributed by atoms with E-state index in [1.807, 2.05) is 24.3 Å². The van der Waals surface area contributed by atoms with Crippen LogP contribution in [0.15, 0.2) is 30.3 Å². The van der Waals surface area contributed by atoms with Gasteiger partial charge in [-0.25, -0.2) is 4.79 Å². The quantitative estimate of drug-likeness (QED) is 0.436. The van der Waals surface area contributed by atoms with Crippen LogP contribution in [-0.2, 0) is 19.0 Å². The highest BCUT2D eigenvalue weighted by molar-refractivity contribution is 5.87. The molecule has 0 saturated carbocycles. The van der Waals surface area contributed by atoms with Gasteiger partial charge in [-0.1, -0.05) is 25.5 Å². The molecule has 2 saturated heterocycles. The van der Waals surface area contributed by atoms with Crippen molar-refractivity contribution >= 4 is 12.0 Å². The van der Waals surface area contributed by atoms with Gasteiger partial charge in [-0.2, -0.15) is 0 Å². The average Bonchev–Trinajstić information content (AvgIpc) is 3.20. The van der Waals surface area contributed by atoms with Crippen LogP contribution in [0, 0.1) is 0 Å². The number of benzene rings is 1. The minimum absolute atomic E-state index is 0.0760. The first-order valence-electron chi connectivity index (χ1n) is 8.61. The molecule has 2 heterocycles. The molecule has 3 atom stereocenters. The summed E-state index contributed by atoms with van der Waals surface area (Å²) in [5.41, 5.74) is 0.924. The molecule has 5 heteroatoms. The fourth-order valence-electron chi connectivity index (χ4n) is 2.89. The van der Waals surface area contributed by atoms with Crippen molar-refractivity contribution in [3.05, 3.63) is 35.9 Å². The summed E-state index contributed by atoms with van der Waals surface area (Å²) in [6.07, 6.45) is 5.88. The lowest BCUT2D eigenvalue weighted by atomic mass is 10.1. The summed E-state index contributed by atoms with van der Waals surface area (Å²) in [5.74, 6) is 0.471. The zero-order chi connectivity index (χ0) is 16.8. The van der Waals surface area contributed by atoms with Crippen molar-refractivity contribution in [2.24, 2.45) is 0 Å². The van der Waals surface area contributed by atoms with Gasteiger partial charge in [0, 0.05) is 12.7 Å². The predicted molar refractivity (Wildman–Crippen MR) is 89.9 cm³/mol. The van der Waals surface area contributed by atoms with E-state index in [0.717, 1.165) is 37.2 Å². The van der Waals surface area contributed by atoms with E-state index in [1.54, 1.807) is 6.08 Å². The minimum atomic E-state index is -0.372. The molecule has 0 radical (unpaired) electrons. The summed E-state index contributed by atoms with van der Waals surface area (Å²) in [4.78, 5) is 12.0. The van der Waals surface area contributed by atoms with Crippen molar-refractivity contribution in [3.8, 4) is 5.75 Å². The maximum Gasteiger partial charge on any atom is 0.331 e. The van der Waals surface area contributed by atoms with Crippen molar-refractivity contribution in [2.75, 3.05) is 19.8 Å². The molecule has 1 aromatic rings. The second-order valence-electron chi connectivity index (χ2n) is 6.08. The molecule has 3 rings (SSSR count). The smallest absolute Gasteiger partial charge is 0.331 e. The van der Waals surface area contributed by atoms with Gasteiger partial charge in [0.05, 0.1) is 19.3 Å². The molecule has 1 aromatic carbocycles. The molecular weight excluding hydrogens is 308 g/mol. The SMILES string of the molecule is CCCCOc1ccc(/C=C/C(=O)O[C@H]2COC3CCOC32)cc1. The Bertz CT molecular complexity index is 566. The summed E-state index contributed by atoms with van der Waals surface area (Å²) < 4.78 is 22.2. The minimum Gasteiger partial charge on any atom is -0.494 e. The number of carbonyl (C=O) groups excluding carboxylic acids is 1. The molecule has 2 unspecified atom stereocenters. The fourth-order valence-corrected chi connectivity index (χ4v) is 2.89. The van der Waals surface area contributed by atoms with E-state index in [-0.39, 0.29) is 24.3 Å². The highest BCUT2D eigenvalue weighted by Crippen LogP contribution is 2.28. The van der Waals surface area contributed by atoms with E-state index >= 15 is 0 Å². The van der Waals surface area contributed by atoms with Gasteiger partial charge in [-0.3, -0.25) is 0 Å². The number of esters is 1. The maximum absolute atomic E-state index is 12.0. The summed E-state index contributed by atoms with van der Waals surface area (Å²) >= 11 is 0. The summed E-state index contributed by atoms with van der Waals surface area (Å²) in [7, 11) is 0. The topological polar surface area (TPSA) is 54.0 Å². The second-order valence-corrected chi connectivity index (χ2v) is 6.08. The first-order chi connectivity index (χ1) is 11.8. The van der Waals surface area contributed by atoms with E-state index in [0.29, 0.717) is 13.2 Å². The van der Waals surface area contributed by atoms with Crippen molar-refractivity contribution in [2.45, 2.75) is 44.5 Å². The van der Waals surface area contributed by atoms with E-state index in [2.05, 4.69) is 6.92 Å². The molecule has 5 nitrogen and oxygen atoms in total.